The van der Waals surface area contributed by atoms with Crippen molar-refractivity contribution in [2.75, 3.05) is 6.54 Å². The molecule has 0 saturated carbocycles. The van der Waals surface area contributed by atoms with Crippen LogP contribution in [-0.4, -0.2) is 6.54 Å². The van der Waals surface area contributed by atoms with Crippen LogP contribution < -0.4 is 5.32 Å². The van der Waals surface area contributed by atoms with Crippen molar-refractivity contribution >= 4 is 11.3 Å². The van der Waals surface area contributed by atoms with E-state index in [2.05, 4.69) is 19.2 Å². The van der Waals surface area contributed by atoms with Crippen LogP contribution in [0.5, 0.6) is 0 Å². The first-order chi connectivity index (χ1) is 6.89. The van der Waals surface area contributed by atoms with Gasteiger partial charge in [-0.1, -0.05) is 13.8 Å². The Morgan fingerprint density at radius 2 is 2.07 bits per heavy atom. The number of halogens is 3. The van der Waals surface area contributed by atoms with Gasteiger partial charge in [0.25, 0.3) is 0 Å². The zero-order valence-corrected chi connectivity index (χ0v) is 9.50. The van der Waals surface area contributed by atoms with Crippen LogP contribution in [0.1, 0.15) is 24.3 Å². The summed E-state index contributed by atoms with van der Waals surface area (Å²) < 4.78 is 36.7. The molecule has 0 fully saturated rings. The van der Waals surface area contributed by atoms with Gasteiger partial charge in [-0.2, -0.15) is 13.2 Å². The van der Waals surface area contributed by atoms with E-state index in [9.17, 15) is 13.2 Å². The zero-order valence-electron chi connectivity index (χ0n) is 8.69. The molecule has 0 radical (unpaired) electrons. The van der Waals surface area contributed by atoms with E-state index >= 15 is 0 Å². The average Bonchev–Trinajstić information content (AvgIpc) is 2.51. The predicted molar refractivity (Wildman–Crippen MR) is 55.9 cm³/mol. The first-order valence-electron chi connectivity index (χ1n) is 4.75. The largest absolute Gasteiger partial charge is 0.417 e. The Morgan fingerprint density at radius 3 is 2.53 bits per heavy atom. The fraction of sp³-hybridized carbons (Fsp3) is 0.600. The maximum Gasteiger partial charge on any atom is 0.417 e. The Morgan fingerprint density at radius 1 is 1.40 bits per heavy atom. The third-order valence-corrected chi connectivity index (χ3v) is 2.77. The highest BCUT2D eigenvalue weighted by molar-refractivity contribution is 7.10. The van der Waals surface area contributed by atoms with Gasteiger partial charge in [0.2, 0.25) is 0 Å². The van der Waals surface area contributed by atoms with E-state index in [0.717, 1.165) is 28.1 Å². The molecule has 1 aromatic rings. The van der Waals surface area contributed by atoms with Gasteiger partial charge < -0.3 is 5.32 Å². The SMILES string of the molecule is CC(C)CNCc1cc(C(F)(F)F)cs1. The normalized spacial score (nSPS) is 12.4. The molecule has 1 nitrogen and oxygen atoms in total. The molecule has 0 bridgehead atoms. The second-order valence-electron chi connectivity index (χ2n) is 3.82. The summed E-state index contributed by atoms with van der Waals surface area (Å²) in [7, 11) is 0. The summed E-state index contributed by atoms with van der Waals surface area (Å²) in [5.41, 5.74) is -0.547. The lowest BCUT2D eigenvalue weighted by Gasteiger charge is -2.05. The summed E-state index contributed by atoms with van der Waals surface area (Å²) in [5, 5.41) is 4.27. The topological polar surface area (TPSA) is 12.0 Å². The van der Waals surface area contributed by atoms with E-state index in [1.807, 2.05) is 0 Å². The molecule has 0 atom stereocenters. The maximum atomic E-state index is 12.2. The van der Waals surface area contributed by atoms with E-state index < -0.39 is 11.7 Å². The molecular formula is C10H14F3NS. The molecule has 0 unspecified atom stereocenters. The first kappa shape index (κ1) is 12.5. The van der Waals surface area contributed by atoms with Gasteiger partial charge in [-0.05, 0) is 18.5 Å². The van der Waals surface area contributed by atoms with E-state index in [1.165, 1.54) is 6.07 Å². The summed E-state index contributed by atoms with van der Waals surface area (Å²) in [6.45, 7) is 5.45. The number of hydrogen-bond donors (Lipinski definition) is 1. The van der Waals surface area contributed by atoms with Crippen LogP contribution in [0.15, 0.2) is 11.4 Å². The minimum Gasteiger partial charge on any atom is -0.312 e. The van der Waals surface area contributed by atoms with Crippen LogP contribution in [0.2, 0.25) is 0 Å². The number of alkyl halides is 3. The Kier molecular flexibility index (Phi) is 4.16. The van der Waals surface area contributed by atoms with Gasteiger partial charge in [0.15, 0.2) is 0 Å². The molecule has 1 rings (SSSR count). The van der Waals surface area contributed by atoms with Crippen LogP contribution in [0, 0.1) is 5.92 Å². The van der Waals surface area contributed by atoms with E-state index in [-0.39, 0.29) is 0 Å². The van der Waals surface area contributed by atoms with Gasteiger partial charge >= 0.3 is 6.18 Å². The Balaban J connectivity index is 2.47. The fourth-order valence-corrected chi connectivity index (χ4v) is 1.97. The average molecular weight is 237 g/mol. The molecule has 1 aromatic heterocycles. The van der Waals surface area contributed by atoms with Crippen molar-refractivity contribution in [2.45, 2.75) is 26.6 Å². The van der Waals surface area contributed by atoms with E-state index in [4.69, 9.17) is 0 Å². The molecule has 0 aliphatic carbocycles. The molecule has 1 heterocycles. The first-order valence-corrected chi connectivity index (χ1v) is 5.63. The lowest BCUT2D eigenvalue weighted by molar-refractivity contribution is -0.137. The van der Waals surface area contributed by atoms with Crippen LogP contribution >= 0.6 is 11.3 Å². The summed E-state index contributed by atoms with van der Waals surface area (Å²) in [5.74, 6) is 0.507. The number of rotatable bonds is 4. The minimum atomic E-state index is -4.22. The van der Waals surface area contributed by atoms with Gasteiger partial charge in [-0.3, -0.25) is 0 Å². The highest BCUT2D eigenvalue weighted by Gasteiger charge is 2.31. The maximum absolute atomic E-state index is 12.2. The van der Waals surface area contributed by atoms with Crippen molar-refractivity contribution in [3.8, 4) is 0 Å². The van der Waals surface area contributed by atoms with Crippen molar-refractivity contribution in [3.63, 3.8) is 0 Å². The van der Waals surface area contributed by atoms with E-state index in [1.54, 1.807) is 0 Å². The lowest BCUT2D eigenvalue weighted by Crippen LogP contribution is -2.18. The highest BCUT2D eigenvalue weighted by atomic mass is 32.1. The third-order valence-electron chi connectivity index (χ3n) is 1.83. The highest BCUT2D eigenvalue weighted by Crippen LogP contribution is 2.32. The fourth-order valence-electron chi connectivity index (χ4n) is 1.11. The molecule has 15 heavy (non-hydrogen) atoms. The smallest absolute Gasteiger partial charge is 0.312 e. The second kappa shape index (κ2) is 4.99. The molecule has 0 aromatic carbocycles. The summed E-state index contributed by atoms with van der Waals surface area (Å²) >= 11 is 1.15. The predicted octanol–water partition coefficient (Wildman–Crippen LogP) is 3.51. The molecule has 86 valence electrons. The zero-order chi connectivity index (χ0) is 11.5. The molecule has 1 N–H and O–H groups in total. The van der Waals surface area contributed by atoms with Crippen molar-refractivity contribution in [1.82, 2.24) is 5.32 Å². The summed E-state index contributed by atoms with van der Waals surface area (Å²) in [4.78, 5) is 0.725. The summed E-state index contributed by atoms with van der Waals surface area (Å²) in [6, 6.07) is 1.21. The Bertz CT molecular complexity index is 304. The number of thiophene rings is 1. The van der Waals surface area contributed by atoms with Crippen molar-refractivity contribution in [2.24, 2.45) is 5.92 Å². The monoisotopic (exact) mass is 237 g/mol. The van der Waals surface area contributed by atoms with Crippen molar-refractivity contribution < 1.29 is 13.2 Å². The van der Waals surface area contributed by atoms with Gasteiger partial charge in [-0.25, -0.2) is 0 Å². The lowest BCUT2D eigenvalue weighted by atomic mass is 10.2. The van der Waals surface area contributed by atoms with E-state index in [0.29, 0.717) is 12.5 Å². The van der Waals surface area contributed by atoms with Gasteiger partial charge in [-0.15, -0.1) is 11.3 Å². The second-order valence-corrected chi connectivity index (χ2v) is 4.82. The summed E-state index contributed by atoms with van der Waals surface area (Å²) in [6.07, 6.45) is -4.22. The van der Waals surface area contributed by atoms with Crippen LogP contribution in [-0.2, 0) is 12.7 Å². The van der Waals surface area contributed by atoms with Crippen molar-refractivity contribution in [3.05, 3.63) is 21.9 Å². The van der Waals surface area contributed by atoms with Crippen LogP contribution in [0.4, 0.5) is 13.2 Å². The Labute approximate surface area is 91.3 Å². The quantitative estimate of drug-likeness (QED) is 0.845. The van der Waals surface area contributed by atoms with Crippen molar-refractivity contribution in [1.29, 1.82) is 0 Å². The molecule has 0 amide bonds. The minimum absolute atomic E-state index is 0.507. The number of hydrogen-bond acceptors (Lipinski definition) is 2. The molecular weight excluding hydrogens is 223 g/mol. The van der Waals surface area contributed by atoms with Crippen LogP contribution in [0.25, 0.3) is 0 Å². The molecule has 5 heteroatoms. The third kappa shape index (κ3) is 4.22. The van der Waals surface area contributed by atoms with Gasteiger partial charge in [0.05, 0.1) is 5.56 Å². The molecule has 0 saturated heterocycles. The van der Waals surface area contributed by atoms with Gasteiger partial charge in [0, 0.05) is 16.8 Å². The standard InChI is InChI=1S/C10H14F3NS/c1-7(2)4-14-5-9-3-8(6-15-9)10(11,12)13/h3,6-7,14H,4-5H2,1-2H3. The molecule has 0 aliphatic heterocycles. The number of nitrogens with one attached hydrogen (secondary N) is 1. The Hall–Kier alpha value is -0.550. The molecule has 0 spiro atoms. The van der Waals surface area contributed by atoms with Crippen LogP contribution in [0.3, 0.4) is 0 Å². The molecule has 0 aliphatic rings. The van der Waals surface area contributed by atoms with Gasteiger partial charge in [0.1, 0.15) is 0 Å².